The highest BCUT2D eigenvalue weighted by Gasteiger charge is 2.02. The zero-order chi connectivity index (χ0) is 14.5. The summed E-state index contributed by atoms with van der Waals surface area (Å²) in [4.78, 5) is 0. The molecule has 21 heavy (non-hydrogen) atoms. The molecular formula is C16H19N5. The summed E-state index contributed by atoms with van der Waals surface area (Å²) in [6, 6.07) is 10.2. The molecule has 0 spiro atoms. The van der Waals surface area contributed by atoms with E-state index >= 15 is 0 Å². The lowest BCUT2D eigenvalue weighted by atomic mass is 10.2. The van der Waals surface area contributed by atoms with Gasteiger partial charge in [0, 0.05) is 24.0 Å². The number of aromatic nitrogens is 4. The number of hydrogen-bond acceptors (Lipinski definition) is 3. The molecule has 108 valence electrons. The lowest BCUT2D eigenvalue weighted by molar-refractivity contribution is 0.684. The largest absolute Gasteiger partial charge is 0.312 e. The third-order valence-electron chi connectivity index (χ3n) is 3.50. The molecule has 0 fully saturated rings. The molecule has 0 atom stereocenters. The Hall–Kier alpha value is -2.40. The highest BCUT2D eigenvalue weighted by molar-refractivity contribution is 5.30. The number of nitrogens with one attached hydrogen (secondary N) is 2. The van der Waals surface area contributed by atoms with E-state index in [1.807, 2.05) is 42.2 Å². The van der Waals surface area contributed by atoms with Gasteiger partial charge in [-0.2, -0.15) is 10.2 Å². The van der Waals surface area contributed by atoms with Crippen LogP contribution in [-0.4, -0.2) is 26.5 Å². The summed E-state index contributed by atoms with van der Waals surface area (Å²) in [6.45, 7) is 3.80. The van der Waals surface area contributed by atoms with Gasteiger partial charge in [-0.3, -0.25) is 5.10 Å². The lowest BCUT2D eigenvalue weighted by Crippen LogP contribution is -2.16. The monoisotopic (exact) mass is 281 g/mol. The minimum absolute atomic E-state index is 0.842. The second-order valence-electron chi connectivity index (χ2n) is 5.08. The van der Waals surface area contributed by atoms with Crippen molar-refractivity contribution in [2.24, 2.45) is 0 Å². The summed E-state index contributed by atoms with van der Waals surface area (Å²) >= 11 is 0. The molecule has 2 heterocycles. The Balaban J connectivity index is 1.50. The zero-order valence-corrected chi connectivity index (χ0v) is 12.1. The van der Waals surface area contributed by atoms with Gasteiger partial charge in [0.15, 0.2) is 0 Å². The predicted molar refractivity (Wildman–Crippen MR) is 82.3 cm³/mol. The van der Waals surface area contributed by atoms with Crippen LogP contribution in [0.25, 0.3) is 5.69 Å². The number of aromatic amines is 1. The third kappa shape index (κ3) is 3.38. The first kappa shape index (κ1) is 13.6. The SMILES string of the molecule is Cc1[nH]ncc1CNCCc1cnn(-c2ccccc2)c1. The molecule has 0 saturated carbocycles. The molecule has 5 nitrogen and oxygen atoms in total. The normalized spacial score (nSPS) is 10.9. The van der Waals surface area contributed by atoms with Crippen molar-refractivity contribution in [2.45, 2.75) is 19.9 Å². The van der Waals surface area contributed by atoms with E-state index in [1.165, 1.54) is 11.1 Å². The number of rotatable bonds is 6. The zero-order valence-electron chi connectivity index (χ0n) is 12.1. The Morgan fingerprint density at radius 3 is 2.81 bits per heavy atom. The van der Waals surface area contributed by atoms with Crippen LogP contribution in [0.2, 0.25) is 0 Å². The van der Waals surface area contributed by atoms with E-state index < -0.39 is 0 Å². The first-order valence-corrected chi connectivity index (χ1v) is 7.11. The number of aryl methyl sites for hydroxylation is 1. The van der Waals surface area contributed by atoms with E-state index in [-0.39, 0.29) is 0 Å². The molecule has 0 amide bonds. The van der Waals surface area contributed by atoms with Crippen LogP contribution in [0.3, 0.4) is 0 Å². The van der Waals surface area contributed by atoms with Crippen molar-refractivity contribution in [1.82, 2.24) is 25.3 Å². The average molecular weight is 281 g/mol. The molecular weight excluding hydrogens is 262 g/mol. The Morgan fingerprint density at radius 1 is 1.19 bits per heavy atom. The minimum atomic E-state index is 0.842. The smallest absolute Gasteiger partial charge is 0.0645 e. The van der Waals surface area contributed by atoms with Gasteiger partial charge in [-0.25, -0.2) is 4.68 Å². The van der Waals surface area contributed by atoms with E-state index in [1.54, 1.807) is 0 Å². The maximum absolute atomic E-state index is 4.40. The number of para-hydroxylation sites is 1. The average Bonchev–Trinajstić information content (AvgIpc) is 3.14. The van der Waals surface area contributed by atoms with Crippen LogP contribution in [-0.2, 0) is 13.0 Å². The standard InChI is InChI=1S/C16H19N5/c1-13-15(11-18-20-13)10-17-8-7-14-9-19-21(12-14)16-5-3-2-4-6-16/h2-6,9,11-12,17H,7-8,10H2,1H3,(H,18,20). The molecule has 2 N–H and O–H groups in total. The van der Waals surface area contributed by atoms with Gasteiger partial charge in [-0.05, 0) is 37.6 Å². The Kier molecular flexibility index (Phi) is 4.12. The van der Waals surface area contributed by atoms with Gasteiger partial charge in [0.05, 0.1) is 18.1 Å². The van der Waals surface area contributed by atoms with E-state index in [0.717, 1.165) is 30.9 Å². The van der Waals surface area contributed by atoms with Gasteiger partial charge in [0.25, 0.3) is 0 Å². The fraction of sp³-hybridized carbons (Fsp3) is 0.250. The molecule has 5 heteroatoms. The molecule has 0 aliphatic rings. The number of hydrogen-bond donors (Lipinski definition) is 2. The minimum Gasteiger partial charge on any atom is -0.312 e. The van der Waals surface area contributed by atoms with E-state index in [0.29, 0.717) is 0 Å². The van der Waals surface area contributed by atoms with Gasteiger partial charge in [0.1, 0.15) is 0 Å². The summed E-state index contributed by atoms with van der Waals surface area (Å²) in [5.41, 5.74) is 4.66. The highest BCUT2D eigenvalue weighted by atomic mass is 15.3. The molecule has 0 aliphatic carbocycles. The summed E-state index contributed by atoms with van der Waals surface area (Å²) in [5.74, 6) is 0. The lowest BCUT2D eigenvalue weighted by Gasteiger charge is -2.02. The van der Waals surface area contributed by atoms with Crippen molar-refractivity contribution in [2.75, 3.05) is 6.54 Å². The van der Waals surface area contributed by atoms with Gasteiger partial charge < -0.3 is 5.32 Å². The van der Waals surface area contributed by atoms with Gasteiger partial charge >= 0.3 is 0 Å². The first-order valence-electron chi connectivity index (χ1n) is 7.11. The summed E-state index contributed by atoms with van der Waals surface area (Å²) in [7, 11) is 0. The molecule has 0 bridgehead atoms. The molecule has 0 unspecified atom stereocenters. The molecule has 0 radical (unpaired) electrons. The van der Waals surface area contributed by atoms with Crippen LogP contribution >= 0.6 is 0 Å². The third-order valence-corrected chi connectivity index (χ3v) is 3.50. The fourth-order valence-electron chi connectivity index (χ4n) is 2.22. The van der Waals surface area contributed by atoms with Crippen LogP contribution in [0.4, 0.5) is 0 Å². The van der Waals surface area contributed by atoms with Crippen molar-refractivity contribution >= 4 is 0 Å². The molecule has 1 aromatic carbocycles. The second-order valence-corrected chi connectivity index (χ2v) is 5.08. The molecule has 3 rings (SSSR count). The number of nitrogens with zero attached hydrogens (tertiary/aromatic N) is 3. The Labute approximate surface area is 124 Å². The van der Waals surface area contributed by atoms with Crippen molar-refractivity contribution in [3.8, 4) is 5.69 Å². The Bertz CT molecular complexity index is 684. The van der Waals surface area contributed by atoms with Crippen LogP contribution in [0.1, 0.15) is 16.8 Å². The highest BCUT2D eigenvalue weighted by Crippen LogP contribution is 2.08. The van der Waals surface area contributed by atoms with Gasteiger partial charge in [-0.15, -0.1) is 0 Å². The predicted octanol–water partition coefficient (Wildman–Crippen LogP) is 2.24. The Morgan fingerprint density at radius 2 is 2.05 bits per heavy atom. The quantitative estimate of drug-likeness (QED) is 0.681. The van der Waals surface area contributed by atoms with Crippen molar-refractivity contribution < 1.29 is 0 Å². The van der Waals surface area contributed by atoms with Crippen LogP contribution in [0.15, 0.2) is 48.9 Å². The van der Waals surface area contributed by atoms with Crippen molar-refractivity contribution in [1.29, 1.82) is 0 Å². The number of benzene rings is 1. The van der Waals surface area contributed by atoms with Crippen molar-refractivity contribution in [3.05, 3.63) is 65.7 Å². The summed E-state index contributed by atoms with van der Waals surface area (Å²) < 4.78 is 1.91. The molecule has 2 aromatic heterocycles. The molecule has 0 saturated heterocycles. The second kappa shape index (κ2) is 6.37. The maximum atomic E-state index is 4.40. The summed E-state index contributed by atoms with van der Waals surface area (Å²) in [6.07, 6.45) is 6.84. The van der Waals surface area contributed by atoms with E-state index in [4.69, 9.17) is 0 Å². The number of H-pyrrole nitrogens is 1. The van der Waals surface area contributed by atoms with Crippen LogP contribution in [0, 0.1) is 6.92 Å². The van der Waals surface area contributed by atoms with Crippen LogP contribution in [0.5, 0.6) is 0 Å². The summed E-state index contributed by atoms with van der Waals surface area (Å²) in [5, 5.41) is 14.8. The van der Waals surface area contributed by atoms with E-state index in [9.17, 15) is 0 Å². The van der Waals surface area contributed by atoms with Gasteiger partial charge in [0.2, 0.25) is 0 Å². The molecule has 3 aromatic rings. The van der Waals surface area contributed by atoms with Gasteiger partial charge in [-0.1, -0.05) is 18.2 Å². The first-order chi connectivity index (χ1) is 10.3. The maximum Gasteiger partial charge on any atom is 0.0645 e. The topological polar surface area (TPSA) is 58.5 Å². The van der Waals surface area contributed by atoms with Crippen LogP contribution < -0.4 is 5.32 Å². The molecule has 0 aliphatic heterocycles. The fourth-order valence-corrected chi connectivity index (χ4v) is 2.22. The van der Waals surface area contributed by atoms with E-state index in [2.05, 4.69) is 38.9 Å². The van der Waals surface area contributed by atoms with Crippen molar-refractivity contribution in [3.63, 3.8) is 0 Å².